The molecule has 1 aliphatic carbocycles. The van der Waals surface area contributed by atoms with Gasteiger partial charge in [0.05, 0.1) is 23.4 Å². The van der Waals surface area contributed by atoms with Crippen LogP contribution in [0.1, 0.15) is 53.7 Å². The first-order valence-electron chi connectivity index (χ1n) is 10.7. The van der Waals surface area contributed by atoms with E-state index in [4.69, 9.17) is 14.1 Å². The van der Waals surface area contributed by atoms with Gasteiger partial charge in [0, 0.05) is 17.9 Å². The van der Waals surface area contributed by atoms with E-state index in [1.54, 1.807) is 29.9 Å². The quantitative estimate of drug-likeness (QED) is 0.224. The van der Waals surface area contributed by atoms with Crippen molar-refractivity contribution >= 4 is 33.3 Å². The first-order chi connectivity index (χ1) is 15.5. The van der Waals surface area contributed by atoms with E-state index < -0.39 is 0 Å². The average Bonchev–Trinajstić information content (AvgIpc) is 3.30. The number of fused-ring (bicyclic) bond motifs is 3. The SMILES string of the molecule is COc1cccc(-n2c(SC(C)c3nnc(C)o3)nc3sc4c(c3c2=O)CCCCC4)c1. The number of aryl methyl sites for hydroxylation is 3. The lowest BCUT2D eigenvalue weighted by Crippen LogP contribution is -2.22. The standard InChI is InChI=1S/C23H24N4O3S2/c1-13(20-26-25-14(2)30-20)31-23-24-21-19(17-10-5-4-6-11-18(17)32-21)22(28)27(23)15-8-7-9-16(12-15)29-3/h7-9,12-13H,4-6,10-11H2,1-3H3. The molecule has 0 amide bonds. The van der Waals surface area contributed by atoms with E-state index in [9.17, 15) is 4.79 Å². The summed E-state index contributed by atoms with van der Waals surface area (Å²) in [6.07, 6.45) is 5.44. The molecule has 1 aliphatic rings. The molecule has 1 aromatic carbocycles. The van der Waals surface area contributed by atoms with Gasteiger partial charge in [0.25, 0.3) is 5.56 Å². The Bertz CT molecular complexity index is 1340. The summed E-state index contributed by atoms with van der Waals surface area (Å²) in [5.41, 5.74) is 1.89. The number of methoxy groups -OCH3 is 1. The third-order valence-electron chi connectivity index (χ3n) is 5.69. The van der Waals surface area contributed by atoms with E-state index in [0.29, 0.717) is 22.7 Å². The van der Waals surface area contributed by atoms with Gasteiger partial charge in [-0.15, -0.1) is 21.5 Å². The molecule has 166 valence electrons. The van der Waals surface area contributed by atoms with Crippen LogP contribution in [0.3, 0.4) is 0 Å². The third kappa shape index (κ3) is 3.84. The van der Waals surface area contributed by atoms with Gasteiger partial charge in [0.2, 0.25) is 11.8 Å². The van der Waals surface area contributed by atoms with Gasteiger partial charge in [-0.1, -0.05) is 24.2 Å². The Hall–Kier alpha value is -2.65. The molecule has 9 heteroatoms. The van der Waals surface area contributed by atoms with E-state index in [2.05, 4.69) is 10.2 Å². The van der Waals surface area contributed by atoms with Crippen LogP contribution in [-0.2, 0) is 12.8 Å². The highest BCUT2D eigenvalue weighted by Gasteiger charge is 2.24. The molecular formula is C23H24N4O3S2. The maximum Gasteiger partial charge on any atom is 0.267 e. The van der Waals surface area contributed by atoms with Crippen molar-refractivity contribution in [2.75, 3.05) is 7.11 Å². The second kappa shape index (κ2) is 8.71. The Morgan fingerprint density at radius 2 is 2.06 bits per heavy atom. The molecule has 0 bridgehead atoms. The molecule has 0 spiro atoms. The lowest BCUT2D eigenvalue weighted by Gasteiger charge is -2.15. The maximum atomic E-state index is 13.9. The Morgan fingerprint density at radius 3 is 2.84 bits per heavy atom. The Balaban J connectivity index is 1.71. The summed E-state index contributed by atoms with van der Waals surface area (Å²) in [5, 5.41) is 9.30. The van der Waals surface area contributed by atoms with Crippen LogP contribution in [0.2, 0.25) is 0 Å². The van der Waals surface area contributed by atoms with Crippen LogP contribution in [0.25, 0.3) is 15.9 Å². The van der Waals surface area contributed by atoms with Crippen LogP contribution in [0.5, 0.6) is 5.75 Å². The van der Waals surface area contributed by atoms with E-state index in [-0.39, 0.29) is 10.8 Å². The fourth-order valence-electron chi connectivity index (χ4n) is 4.10. The minimum atomic E-state index is -0.157. The summed E-state index contributed by atoms with van der Waals surface area (Å²) >= 11 is 3.11. The van der Waals surface area contributed by atoms with Gasteiger partial charge < -0.3 is 9.15 Å². The van der Waals surface area contributed by atoms with Crippen molar-refractivity contribution in [3.05, 3.63) is 56.8 Å². The molecule has 1 unspecified atom stereocenters. The molecule has 0 saturated heterocycles. The maximum absolute atomic E-state index is 13.9. The molecule has 0 radical (unpaired) electrons. The van der Waals surface area contributed by atoms with Crippen molar-refractivity contribution in [3.63, 3.8) is 0 Å². The molecule has 0 N–H and O–H groups in total. The number of rotatable bonds is 5. The van der Waals surface area contributed by atoms with Gasteiger partial charge in [-0.3, -0.25) is 9.36 Å². The third-order valence-corrected chi connectivity index (χ3v) is 7.92. The number of thiophene rings is 1. The van der Waals surface area contributed by atoms with Crippen LogP contribution in [-0.4, -0.2) is 26.9 Å². The smallest absolute Gasteiger partial charge is 0.267 e. The van der Waals surface area contributed by atoms with Crippen LogP contribution >= 0.6 is 23.1 Å². The molecule has 1 atom stereocenters. The van der Waals surface area contributed by atoms with Crippen molar-refractivity contribution in [1.82, 2.24) is 19.7 Å². The number of benzene rings is 1. The number of hydrogen-bond donors (Lipinski definition) is 0. The van der Waals surface area contributed by atoms with E-state index >= 15 is 0 Å². The van der Waals surface area contributed by atoms with Gasteiger partial charge in [-0.2, -0.15) is 0 Å². The monoisotopic (exact) mass is 468 g/mol. The minimum Gasteiger partial charge on any atom is -0.497 e. The first kappa shape index (κ1) is 21.2. The van der Waals surface area contributed by atoms with Gasteiger partial charge in [-0.05, 0) is 50.3 Å². The fraction of sp³-hybridized carbons (Fsp3) is 0.391. The minimum absolute atomic E-state index is 0.0286. The predicted octanol–water partition coefficient (Wildman–Crippen LogP) is 5.27. The van der Waals surface area contributed by atoms with Gasteiger partial charge in [0.1, 0.15) is 10.6 Å². The molecule has 4 aromatic rings. The van der Waals surface area contributed by atoms with Crippen molar-refractivity contribution < 1.29 is 9.15 Å². The van der Waals surface area contributed by atoms with Gasteiger partial charge in [0.15, 0.2) is 5.16 Å². The predicted molar refractivity (Wildman–Crippen MR) is 126 cm³/mol. The van der Waals surface area contributed by atoms with Crippen molar-refractivity contribution in [2.24, 2.45) is 0 Å². The molecule has 0 fully saturated rings. The number of aromatic nitrogens is 4. The first-order valence-corrected chi connectivity index (χ1v) is 12.4. The zero-order chi connectivity index (χ0) is 22.2. The summed E-state index contributed by atoms with van der Waals surface area (Å²) in [6.45, 7) is 3.75. The van der Waals surface area contributed by atoms with E-state index in [0.717, 1.165) is 35.2 Å². The molecular weight excluding hydrogens is 444 g/mol. The van der Waals surface area contributed by atoms with Crippen molar-refractivity contribution in [2.45, 2.75) is 56.4 Å². The number of ether oxygens (including phenoxy) is 1. The summed E-state index contributed by atoms with van der Waals surface area (Å²) in [6, 6.07) is 7.53. The summed E-state index contributed by atoms with van der Waals surface area (Å²) in [5.74, 6) is 1.72. The molecule has 0 aliphatic heterocycles. The Kier molecular flexibility index (Phi) is 5.77. The largest absolute Gasteiger partial charge is 0.497 e. The highest BCUT2D eigenvalue weighted by Crippen LogP contribution is 2.38. The zero-order valence-electron chi connectivity index (χ0n) is 18.3. The van der Waals surface area contributed by atoms with Gasteiger partial charge >= 0.3 is 0 Å². The van der Waals surface area contributed by atoms with Crippen molar-refractivity contribution in [1.29, 1.82) is 0 Å². The van der Waals surface area contributed by atoms with Crippen LogP contribution in [0.4, 0.5) is 0 Å². The summed E-state index contributed by atoms with van der Waals surface area (Å²) < 4.78 is 12.7. The molecule has 7 nitrogen and oxygen atoms in total. The lowest BCUT2D eigenvalue weighted by atomic mass is 10.1. The number of hydrogen-bond acceptors (Lipinski definition) is 8. The van der Waals surface area contributed by atoms with E-state index in [1.807, 2.05) is 31.2 Å². The van der Waals surface area contributed by atoms with Crippen LogP contribution < -0.4 is 10.3 Å². The fourth-order valence-corrected chi connectivity index (χ4v) is 6.36. The second-order valence-corrected chi connectivity index (χ2v) is 10.3. The van der Waals surface area contributed by atoms with E-state index in [1.165, 1.54) is 35.0 Å². The van der Waals surface area contributed by atoms with Crippen molar-refractivity contribution in [3.8, 4) is 11.4 Å². The van der Waals surface area contributed by atoms with Gasteiger partial charge in [-0.25, -0.2) is 4.98 Å². The van der Waals surface area contributed by atoms with Crippen LogP contribution in [0.15, 0.2) is 38.6 Å². The topological polar surface area (TPSA) is 83.0 Å². The molecule has 5 rings (SSSR count). The number of thioether (sulfide) groups is 1. The second-order valence-electron chi connectivity index (χ2n) is 7.90. The Morgan fingerprint density at radius 1 is 1.22 bits per heavy atom. The Labute approximate surface area is 193 Å². The summed E-state index contributed by atoms with van der Waals surface area (Å²) in [7, 11) is 1.62. The molecule has 0 saturated carbocycles. The molecule has 3 heterocycles. The highest BCUT2D eigenvalue weighted by molar-refractivity contribution is 7.99. The average molecular weight is 469 g/mol. The summed E-state index contributed by atoms with van der Waals surface area (Å²) in [4.78, 5) is 21.1. The lowest BCUT2D eigenvalue weighted by molar-refractivity contribution is 0.414. The molecule has 32 heavy (non-hydrogen) atoms. The molecule has 3 aromatic heterocycles. The normalized spacial score (nSPS) is 14.8. The highest BCUT2D eigenvalue weighted by atomic mass is 32.2. The van der Waals surface area contributed by atoms with Crippen LogP contribution in [0, 0.1) is 6.92 Å². The zero-order valence-corrected chi connectivity index (χ0v) is 19.9. The number of nitrogens with zero attached hydrogens (tertiary/aromatic N) is 4.